The summed E-state index contributed by atoms with van der Waals surface area (Å²) in [6.07, 6.45) is 0. The second-order valence-corrected chi connectivity index (χ2v) is 6.38. The molecule has 0 bridgehead atoms. The van der Waals surface area contributed by atoms with Gasteiger partial charge in [0.25, 0.3) is 10.0 Å². The van der Waals surface area contributed by atoms with E-state index in [9.17, 15) is 8.42 Å². The molecule has 1 aromatic heterocycles. The minimum Gasteiger partial charge on any atom is -0.263 e. The van der Waals surface area contributed by atoms with Crippen LogP contribution in [0.25, 0.3) is 11.3 Å². The smallest absolute Gasteiger partial charge is 0.263 e. The lowest BCUT2D eigenvalue weighted by Gasteiger charge is -2.08. The zero-order valence-electron chi connectivity index (χ0n) is 11.7. The molecule has 2 aromatic carbocycles. The highest BCUT2D eigenvalue weighted by atomic mass is 32.2. The largest absolute Gasteiger partial charge is 0.263 e. The Bertz CT molecular complexity index is 863. The molecular weight excluding hydrogens is 296 g/mol. The Kier molecular flexibility index (Phi) is 3.89. The molecule has 22 heavy (non-hydrogen) atoms. The molecule has 3 aromatic rings. The first kappa shape index (κ1) is 14.3. The van der Waals surface area contributed by atoms with Gasteiger partial charge in [-0.15, -0.1) is 0 Å². The lowest BCUT2D eigenvalue weighted by Crippen LogP contribution is -2.13. The van der Waals surface area contributed by atoms with Crippen LogP contribution in [-0.2, 0) is 10.0 Å². The Morgan fingerprint density at radius 3 is 2.05 bits per heavy atom. The fourth-order valence-electron chi connectivity index (χ4n) is 2.06. The zero-order chi connectivity index (χ0) is 15.4. The summed E-state index contributed by atoms with van der Waals surface area (Å²) in [6, 6.07) is 23.1. The average molecular weight is 310 g/mol. The van der Waals surface area contributed by atoms with Crippen LogP contribution in [0.15, 0.2) is 83.8 Å². The van der Waals surface area contributed by atoms with Crippen LogP contribution >= 0.6 is 0 Å². The normalized spacial score (nSPS) is 11.1. The van der Waals surface area contributed by atoms with Gasteiger partial charge in [0, 0.05) is 5.56 Å². The summed E-state index contributed by atoms with van der Waals surface area (Å²) in [4.78, 5) is 4.57. The van der Waals surface area contributed by atoms with Gasteiger partial charge in [-0.05, 0) is 24.3 Å². The summed E-state index contributed by atoms with van der Waals surface area (Å²) < 4.78 is 27.1. The standard InChI is InChI=1S/C17H14N2O2S/c20-22(21,15-10-5-2-6-11-15)19-17-13-7-12-16(18-17)14-8-3-1-4-9-14/h1-13H,(H,18,19). The lowest BCUT2D eigenvalue weighted by molar-refractivity contribution is 0.601. The average Bonchev–Trinajstić information content (AvgIpc) is 2.56. The van der Waals surface area contributed by atoms with Crippen molar-refractivity contribution >= 4 is 15.8 Å². The van der Waals surface area contributed by atoms with Gasteiger partial charge in [-0.1, -0.05) is 54.6 Å². The van der Waals surface area contributed by atoms with Crippen LogP contribution in [0.5, 0.6) is 0 Å². The van der Waals surface area contributed by atoms with E-state index < -0.39 is 10.0 Å². The molecule has 0 aliphatic carbocycles. The van der Waals surface area contributed by atoms with Crippen LogP contribution in [0, 0.1) is 0 Å². The van der Waals surface area contributed by atoms with Crippen molar-refractivity contribution in [1.29, 1.82) is 0 Å². The third-order valence-corrected chi connectivity index (χ3v) is 4.48. The molecule has 5 heteroatoms. The molecule has 0 radical (unpaired) electrons. The minimum absolute atomic E-state index is 0.210. The van der Waals surface area contributed by atoms with Gasteiger partial charge in [-0.25, -0.2) is 13.4 Å². The van der Waals surface area contributed by atoms with E-state index in [1.165, 1.54) is 0 Å². The third kappa shape index (κ3) is 3.15. The van der Waals surface area contributed by atoms with Crippen molar-refractivity contribution < 1.29 is 8.42 Å². The molecule has 0 saturated heterocycles. The first-order valence-electron chi connectivity index (χ1n) is 6.75. The van der Waals surface area contributed by atoms with Crippen molar-refractivity contribution in [3.8, 4) is 11.3 Å². The van der Waals surface area contributed by atoms with E-state index in [1.807, 2.05) is 36.4 Å². The van der Waals surface area contributed by atoms with Crippen LogP contribution in [0.3, 0.4) is 0 Å². The maximum Gasteiger partial charge on any atom is 0.263 e. The summed E-state index contributed by atoms with van der Waals surface area (Å²) in [5.74, 6) is 0.296. The highest BCUT2D eigenvalue weighted by Crippen LogP contribution is 2.20. The number of benzene rings is 2. The SMILES string of the molecule is O=S(=O)(Nc1cccc(-c2ccccc2)n1)c1ccccc1. The zero-order valence-corrected chi connectivity index (χ0v) is 12.5. The second kappa shape index (κ2) is 5.99. The van der Waals surface area contributed by atoms with E-state index in [0.717, 1.165) is 5.56 Å². The van der Waals surface area contributed by atoms with Gasteiger partial charge < -0.3 is 0 Å². The summed E-state index contributed by atoms with van der Waals surface area (Å²) >= 11 is 0. The summed E-state index contributed by atoms with van der Waals surface area (Å²) in [6.45, 7) is 0. The number of hydrogen-bond acceptors (Lipinski definition) is 3. The molecule has 1 N–H and O–H groups in total. The van der Waals surface area contributed by atoms with Gasteiger partial charge in [-0.3, -0.25) is 4.72 Å². The predicted molar refractivity (Wildman–Crippen MR) is 86.9 cm³/mol. The molecule has 3 rings (SSSR count). The van der Waals surface area contributed by atoms with E-state index in [2.05, 4.69) is 9.71 Å². The van der Waals surface area contributed by atoms with Crippen molar-refractivity contribution in [3.63, 3.8) is 0 Å². The number of nitrogens with one attached hydrogen (secondary N) is 1. The number of hydrogen-bond donors (Lipinski definition) is 1. The summed E-state index contributed by atoms with van der Waals surface area (Å²) in [5, 5.41) is 0. The van der Waals surface area contributed by atoms with Crippen LogP contribution in [0.2, 0.25) is 0 Å². The van der Waals surface area contributed by atoms with Gasteiger partial charge in [0.1, 0.15) is 5.82 Å². The van der Waals surface area contributed by atoms with Gasteiger partial charge in [0.05, 0.1) is 10.6 Å². The van der Waals surface area contributed by atoms with E-state index in [1.54, 1.807) is 42.5 Å². The van der Waals surface area contributed by atoms with Crippen molar-refractivity contribution in [2.45, 2.75) is 4.90 Å². The van der Waals surface area contributed by atoms with Crippen LogP contribution in [-0.4, -0.2) is 13.4 Å². The highest BCUT2D eigenvalue weighted by Gasteiger charge is 2.14. The van der Waals surface area contributed by atoms with Gasteiger partial charge >= 0.3 is 0 Å². The Balaban J connectivity index is 1.91. The molecule has 0 unspecified atom stereocenters. The Morgan fingerprint density at radius 2 is 1.36 bits per heavy atom. The highest BCUT2D eigenvalue weighted by molar-refractivity contribution is 7.92. The van der Waals surface area contributed by atoms with Gasteiger partial charge in [0.2, 0.25) is 0 Å². The van der Waals surface area contributed by atoms with E-state index in [0.29, 0.717) is 11.5 Å². The second-order valence-electron chi connectivity index (χ2n) is 4.69. The molecule has 0 fully saturated rings. The van der Waals surface area contributed by atoms with Gasteiger partial charge in [-0.2, -0.15) is 0 Å². The number of rotatable bonds is 4. The Labute approximate surface area is 129 Å². The molecule has 0 spiro atoms. The maximum atomic E-state index is 12.3. The molecule has 110 valence electrons. The number of aromatic nitrogens is 1. The number of sulfonamides is 1. The quantitative estimate of drug-likeness (QED) is 0.801. The summed E-state index contributed by atoms with van der Waals surface area (Å²) in [7, 11) is -3.62. The molecule has 0 aliphatic rings. The lowest BCUT2D eigenvalue weighted by atomic mass is 10.1. The van der Waals surface area contributed by atoms with Crippen molar-refractivity contribution in [1.82, 2.24) is 4.98 Å². The monoisotopic (exact) mass is 310 g/mol. The molecule has 4 nitrogen and oxygen atoms in total. The molecule has 1 heterocycles. The van der Waals surface area contributed by atoms with E-state index >= 15 is 0 Å². The number of nitrogens with zero attached hydrogens (tertiary/aromatic N) is 1. The van der Waals surface area contributed by atoms with Crippen molar-refractivity contribution in [3.05, 3.63) is 78.9 Å². The van der Waals surface area contributed by atoms with E-state index in [-0.39, 0.29) is 4.90 Å². The van der Waals surface area contributed by atoms with Crippen molar-refractivity contribution in [2.75, 3.05) is 4.72 Å². The topological polar surface area (TPSA) is 59.1 Å². The van der Waals surface area contributed by atoms with Crippen LogP contribution in [0.1, 0.15) is 0 Å². The third-order valence-electron chi connectivity index (χ3n) is 3.11. The van der Waals surface area contributed by atoms with E-state index in [4.69, 9.17) is 0 Å². The maximum absolute atomic E-state index is 12.3. The number of anilines is 1. The van der Waals surface area contributed by atoms with Crippen LogP contribution in [0.4, 0.5) is 5.82 Å². The predicted octanol–water partition coefficient (Wildman–Crippen LogP) is 3.55. The van der Waals surface area contributed by atoms with Crippen LogP contribution < -0.4 is 4.72 Å². The minimum atomic E-state index is -3.62. The first-order valence-corrected chi connectivity index (χ1v) is 8.24. The van der Waals surface area contributed by atoms with Crippen molar-refractivity contribution in [2.24, 2.45) is 0 Å². The molecule has 0 atom stereocenters. The molecule has 0 amide bonds. The molecule has 0 aliphatic heterocycles. The van der Waals surface area contributed by atoms with Gasteiger partial charge in [0.15, 0.2) is 0 Å². The molecule has 0 saturated carbocycles. The first-order chi connectivity index (χ1) is 10.6. The fourth-order valence-corrected chi connectivity index (χ4v) is 3.08. The fraction of sp³-hybridized carbons (Fsp3) is 0. The summed E-state index contributed by atoms with van der Waals surface area (Å²) in [5.41, 5.74) is 1.65. The Hall–Kier alpha value is -2.66. The molecular formula is C17H14N2O2S. The Morgan fingerprint density at radius 1 is 0.727 bits per heavy atom. The number of pyridine rings is 1.